The quantitative estimate of drug-likeness (QED) is 0.330. The lowest BCUT2D eigenvalue weighted by Gasteiger charge is -2.29. The summed E-state index contributed by atoms with van der Waals surface area (Å²) >= 11 is 0. The third-order valence-corrected chi connectivity index (χ3v) is 5.83. The molecule has 3 aromatic rings. The summed E-state index contributed by atoms with van der Waals surface area (Å²) in [6.07, 6.45) is 1.55. The van der Waals surface area contributed by atoms with Gasteiger partial charge < -0.3 is 14.6 Å². The van der Waals surface area contributed by atoms with Crippen LogP contribution in [0.1, 0.15) is 50.4 Å². The smallest absolute Gasteiger partial charge is 0.227 e. The minimum Gasteiger partial charge on any atom is -0.439 e. The van der Waals surface area contributed by atoms with Crippen LogP contribution in [-0.2, 0) is 11.3 Å². The van der Waals surface area contributed by atoms with E-state index in [1.54, 1.807) is 0 Å². The maximum atomic E-state index is 10.6. The molecule has 0 fully saturated rings. The molecule has 0 saturated carbocycles. The minimum atomic E-state index is -0.551. The molecule has 0 saturated heterocycles. The van der Waals surface area contributed by atoms with Crippen molar-refractivity contribution in [1.29, 1.82) is 0 Å². The molecule has 34 heavy (non-hydrogen) atoms. The Labute approximate surface area is 204 Å². The summed E-state index contributed by atoms with van der Waals surface area (Å²) < 4.78 is 14.0. The molecule has 184 valence electrons. The maximum Gasteiger partial charge on any atom is 0.227 e. The Morgan fingerprint density at radius 2 is 1.82 bits per heavy atom. The summed E-state index contributed by atoms with van der Waals surface area (Å²) in [5, 5.41) is 15.5. The van der Waals surface area contributed by atoms with E-state index in [1.807, 2.05) is 60.1 Å². The highest BCUT2D eigenvalue weighted by Crippen LogP contribution is 2.32. The molecule has 3 rings (SSSR count). The molecule has 6 nitrogen and oxygen atoms in total. The molecule has 0 bridgehead atoms. The van der Waals surface area contributed by atoms with Crippen molar-refractivity contribution in [3.05, 3.63) is 71.4 Å². The predicted molar refractivity (Wildman–Crippen MR) is 137 cm³/mol. The second-order valence-corrected chi connectivity index (χ2v) is 9.14. The summed E-state index contributed by atoms with van der Waals surface area (Å²) in [4.78, 5) is 2.25. The third-order valence-electron chi connectivity index (χ3n) is 5.83. The number of unbranched alkanes of at least 4 members (excludes halogenated alkanes) is 1. The number of aromatic nitrogens is 2. The predicted octanol–water partition coefficient (Wildman–Crippen LogP) is 5.67. The lowest BCUT2D eigenvalue weighted by molar-refractivity contribution is 0.00842. The largest absolute Gasteiger partial charge is 0.439 e. The van der Waals surface area contributed by atoms with Crippen LogP contribution in [0.3, 0.4) is 0 Å². The van der Waals surface area contributed by atoms with Gasteiger partial charge in [0.15, 0.2) is 0 Å². The lowest BCUT2D eigenvalue weighted by atomic mass is 10.2. The summed E-state index contributed by atoms with van der Waals surface area (Å²) in [7, 11) is 0. The van der Waals surface area contributed by atoms with Gasteiger partial charge in [-0.05, 0) is 63.9 Å². The van der Waals surface area contributed by atoms with E-state index in [0.29, 0.717) is 32.2 Å². The summed E-state index contributed by atoms with van der Waals surface area (Å²) in [5.41, 5.74) is 4.00. The van der Waals surface area contributed by atoms with E-state index in [0.717, 1.165) is 41.1 Å². The Morgan fingerprint density at radius 1 is 1.06 bits per heavy atom. The molecule has 1 atom stereocenters. The molecule has 2 aromatic carbocycles. The highest BCUT2D eigenvalue weighted by molar-refractivity contribution is 5.43. The highest BCUT2D eigenvalue weighted by Gasteiger charge is 2.24. The van der Waals surface area contributed by atoms with Gasteiger partial charge in [-0.2, -0.15) is 5.10 Å². The van der Waals surface area contributed by atoms with Crippen molar-refractivity contribution >= 4 is 0 Å². The van der Waals surface area contributed by atoms with E-state index in [1.165, 1.54) is 0 Å². The Morgan fingerprint density at radius 3 is 2.50 bits per heavy atom. The average Bonchev–Trinajstić information content (AvgIpc) is 3.11. The third kappa shape index (κ3) is 7.16. The molecule has 0 amide bonds. The fourth-order valence-corrected chi connectivity index (χ4v) is 3.81. The fraction of sp³-hybridized carbons (Fsp3) is 0.464. The van der Waals surface area contributed by atoms with Crippen LogP contribution >= 0.6 is 0 Å². The van der Waals surface area contributed by atoms with Crippen molar-refractivity contribution in [2.45, 2.75) is 66.2 Å². The van der Waals surface area contributed by atoms with Gasteiger partial charge in [-0.3, -0.25) is 4.90 Å². The van der Waals surface area contributed by atoms with Crippen LogP contribution in [0.15, 0.2) is 54.6 Å². The molecule has 0 aliphatic rings. The Kier molecular flexibility index (Phi) is 9.69. The highest BCUT2D eigenvalue weighted by atomic mass is 16.5. The Balaban J connectivity index is 1.88. The first-order valence-corrected chi connectivity index (χ1v) is 12.3. The van der Waals surface area contributed by atoms with Gasteiger partial charge in [-0.25, -0.2) is 4.68 Å². The maximum absolute atomic E-state index is 10.6. The van der Waals surface area contributed by atoms with Gasteiger partial charge in [0.1, 0.15) is 5.75 Å². The van der Waals surface area contributed by atoms with Gasteiger partial charge in [-0.1, -0.05) is 43.7 Å². The van der Waals surface area contributed by atoms with E-state index >= 15 is 0 Å². The van der Waals surface area contributed by atoms with Crippen molar-refractivity contribution in [2.24, 2.45) is 0 Å². The number of aliphatic hydroxyl groups is 1. The van der Waals surface area contributed by atoms with Crippen LogP contribution in [0, 0.1) is 13.8 Å². The van der Waals surface area contributed by atoms with Gasteiger partial charge in [0, 0.05) is 25.7 Å². The molecule has 1 N–H and O–H groups in total. The molecule has 0 spiro atoms. The number of nitrogens with zero attached hydrogens (tertiary/aromatic N) is 3. The van der Waals surface area contributed by atoms with Gasteiger partial charge in [0.05, 0.1) is 29.7 Å². The van der Waals surface area contributed by atoms with Crippen molar-refractivity contribution in [1.82, 2.24) is 14.7 Å². The van der Waals surface area contributed by atoms with E-state index < -0.39 is 6.10 Å². The topological polar surface area (TPSA) is 59.8 Å². The SMILES string of the molecule is CCCCOC[C@@H](O)CN(Cc1c(C)nn(-c2ccccc2)c1Oc1cccc(C)c1)C(C)C. The van der Waals surface area contributed by atoms with Crippen molar-refractivity contribution in [3.63, 3.8) is 0 Å². The zero-order valence-corrected chi connectivity index (χ0v) is 21.2. The molecule has 0 unspecified atom stereocenters. The molecule has 6 heteroatoms. The standard InChI is InChI=1S/C28H39N3O3/c1-6-7-16-33-20-25(32)18-30(21(2)3)19-27-23(5)29-31(24-13-9-8-10-14-24)28(27)34-26-15-11-12-22(4)17-26/h8-15,17,21,25,32H,6-7,16,18-20H2,1-5H3/t25-/m0/s1. The van der Waals surface area contributed by atoms with Crippen LogP contribution in [-0.4, -0.2) is 51.7 Å². The van der Waals surface area contributed by atoms with Gasteiger partial charge in [0.25, 0.3) is 0 Å². The molecule has 1 aromatic heterocycles. The van der Waals surface area contributed by atoms with Gasteiger partial charge >= 0.3 is 0 Å². The van der Waals surface area contributed by atoms with Crippen LogP contribution in [0.4, 0.5) is 0 Å². The zero-order valence-electron chi connectivity index (χ0n) is 21.2. The van der Waals surface area contributed by atoms with Gasteiger partial charge in [0.2, 0.25) is 5.88 Å². The number of hydrogen-bond donors (Lipinski definition) is 1. The second kappa shape index (κ2) is 12.7. The summed E-state index contributed by atoms with van der Waals surface area (Å²) in [5.74, 6) is 1.48. The fourth-order valence-electron chi connectivity index (χ4n) is 3.81. The number of hydrogen-bond acceptors (Lipinski definition) is 5. The lowest BCUT2D eigenvalue weighted by Crippen LogP contribution is -2.39. The molecule has 0 aliphatic heterocycles. The summed E-state index contributed by atoms with van der Waals surface area (Å²) in [6, 6.07) is 18.3. The van der Waals surface area contributed by atoms with Crippen LogP contribution in [0.2, 0.25) is 0 Å². The Hall–Kier alpha value is -2.67. The van der Waals surface area contributed by atoms with E-state index in [4.69, 9.17) is 14.6 Å². The number of aryl methyl sites for hydroxylation is 2. The number of rotatable bonds is 13. The van der Waals surface area contributed by atoms with Crippen molar-refractivity contribution in [2.75, 3.05) is 19.8 Å². The van der Waals surface area contributed by atoms with Crippen LogP contribution in [0.5, 0.6) is 11.6 Å². The Bertz CT molecular complexity index is 1020. The first-order valence-electron chi connectivity index (χ1n) is 12.3. The second-order valence-electron chi connectivity index (χ2n) is 9.14. The number of benzene rings is 2. The first-order chi connectivity index (χ1) is 16.4. The average molecular weight is 466 g/mol. The number of aliphatic hydroxyl groups excluding tert-OH is 1. The summed E-state index contributed by atoms with van der Waals surface area (Å²) in [6.45, 7) is 12.6. The van der Waals surface area contributed by atoms with E-state index in [2.05, 4.69) is 38.7 Å². The van der Waals surface area contributed by atoms with Crippen LogP contribution < -0.4 is 4.74 Å². The van der Waals surface area contributed by atoms with E-state index in [9.17, 15) is 5.11 Å². The van der Waals surface area contributed by atoms with Crippen LogP contribution in [0.25, 0.3) is 5.69 Å². The minimum absolute atomic E-state index is 0.233. The molecular formula is C28H39N3O3. The molecule has 0 radical (unpaired) electrons. The molecule has 1 heterocycles. The van der Waals surface area contributed by atoms with Crippen molar-refractivity contribution < 1.29 is 14.6 Å². The van der Waals surface area contributed by atoms with Gasteiger partial charge in [-0.15, -0.1) is 0 Å². The van der Waals surface area contributed by atoms with Crippen molar-refractivity contribution in [3.8, 4) is 17.3 Å². The zero-order chi connectivity index (χ0) is 24.5. The molecular weight excluding hydrogens is 426 g/mol. The monoisotopic (exact) mass is 465 g/mol. The first kappa shape index (κ1) is 25.9. The normalized spacial score (nSPS) is 12.5. The van der Waals surface area contributed by atoms with E-state index in [-0.39, 0.29) is 6.04 Å². The molecule has 0 aliphatic carbocycles. The number of para-hydroxylation sites is 1. The number of ether oxygens (including phenoxy) is 2.